The van der Waals surface area contributed by atoms with Gasteiger partial charge < -0.3 is 20.5 Å². The number of esters is 1. The first-order valence-corrected chi connectivity index (χ1v) is 8.05. The van der Waals surface area contributed by atoms with Gasteiger partial charge in [-0.2, -0.15) is 0 Å². The maximum absolute atomic E-state index is 11.6. The predicted molar refractivity (Wildman–Crippen MR) is 98.3 cm³/mol. The quantitative estimate of drug-likeness (QED) is 0.585. The van der Waals surface area contributed by atoms with Crippen molar-refractivity contribution in [3.63, 3.8) is 0 Å². The molecular formula is C19H21N3O4. The van der Waals surface area contributed by atoms with Gasteiger partial charge in [-0.05, 0) is 18.1 Å². The van der Waals surface area contributed by atoms with Crippen molar-refractivity contribution >= 4 is 24.0 Å². The van der Waals surface area contributed by atoms with E-state index in [1.807, 2.05) is 36.4 Å². The summed E-state index contributed by atoms with van der Waals surface area (Å²) >= 11 is 0. The highest BCUT2D eigenvalue weighted by atomic mass is 16.5. The van der Waals surface area contributed by atoms with Gasteiger partial charge >= 0.3 is 12.1 Å². The van der Waals surface area contributed by atoms with Crippen LogP contribution in [0.4, 0.5) is 10.6 Å². The third kappa shape index (κ3) is 5.94. The molecule has 0 atom stereocenters. The van der Waals surface area contributed by atoms with E-state index in [0.29, 0.717) is 29.9 Å². The number of carbonyl (C=O) groups is 2. The summed E-state index contributed by atoms with van der Waals surface area (Å²) in [6.07, 6.45) is 5.03. The minimum Gasteiger partial charge on any atom is -0.465 e. The second-order valence-corrected chi connectivity index (χ2v) is 5.37. The molecule has 1 heterocycles. The molecule has 0 aliphatic rings. The third-order valence-electron chi connectivity index (χ3n) is 3.46. The summed E-state index contributed by atoms with van der Waals surface area (Å²) in [5, 5.41) is 2.66. The van der Waals surface area contributed by atoms with Crippen molar-refractivity contribution in [3.05, 3.63) is 65.4 Å². The molecule has 0 aliphatic carbocycles. The minimum atomic E-state index is -0.477. The number of alkyl carbamates (subject to hydrolysis) is 1. The average Bonchev–Trinajstić information content (AvgIpc) is 2.67. The summed E-state index contributed by atoms with van der Waals surface area (Å²) in [5.74, 6) is -0.167. The number of benzene rings is 1. The minimum absolute atomic E-state index is 0.227. The van der Waals surface area contributed by atoms with E-state index in [0.717, 1.165) is 5.56 Å². The fourth-order valence-electron chi connectivity index (χ4n) is 2.10. The van der Waals surface area contributed by atoms with Gasteiger partial charge in [0.25, 0.3) is 0 Å². The first kappa shape index (κ1) is 19.0. The summed E-state index contributed by atoms with van der Waals surface area (Å²) in [4.78, 5) is 27.1. The fourth-order valence-corrected chi connectivity index (χ4v) is 2.10. The number of nitrogen functional groups attached to an aromatic ring is 1. The largest absolute Gasteiger partial charge is 0.465 e. The van der Waals surface area contributed by atoms with E-state index in [4.69, 9.17) is 10.5 Å². The highest BCUT2D eigenvalue weighted by Crippen LogP contribution is 2.13. The number of anilines is 1. The Morgan fingerprint density at radius 1 is 1.27 bits per heavy atom. The van der Waals surface area contributed by atoms with E-state index in [9.17, 15) is 9.59 Å². The van der Waals surface area contributed by atoms with Crippen LogP contribution >= 0.6 is 0 Å². The Kier molecular flexibility index (Phi) is 7.17. The zero-order chi connectivity index (χ0) is 18.8. The lowest BCUT2D eigenvalue weighted by Crippen LogP contribution is -2.24. The van der Waals surface area contributed by atoms with Crippen LogP contribution in [0.3, 0.4) is 0 Å². The van der Waals surface area contributed by atoms with Gasteiger partial charge in [-0.1, -0.05) is 42.5 Å². The van der Waals surface area contributed by atoms with E-state index in [1.54, 1.807) is 12.1 Å². The number of pyridine rings is 1. The standard InChI is InChI=1S/C19H21N3O4/c1-25-18(23)16-11-15(17(20)22-12-16)9-5-6-10-21-19(24)26-13-14-7-3-2-4-8-14/h2-5,7-9,11-12H,6,10,13H2,1H3,(H2,20,22)(H,21,24). The molecule has 7 heteroatoms. The number of nitrogens with two attached hydrogens (primary N) is 1. The summed E-state index contributed by atoms with van der Waals surface area (Å²) in [7, 11) is 1.30. The molecule has 0 spiro atoms. The number of amides is 1. The summed E-state index contributed by atoms with van der Waals surface area (Å²) in [5.41, 5.74) is 7.65. The molecule has 0 radical (unpaired) electrons. The molecular weight excluding hydrogens is 334 g/mol. The molecule has 1 amide bonds. The van der Waals surface area contributed by atoms with Gasteiger partial charge in [0.15, 0.2) is 0 Å². The average molecular weight is 355 g/mol. The zero-order valence-corrected chi connectivity index (χ0v) is 14.5. The number of nitrogens with one attached hydrogen (secondary N) is 1. The van der Waals surface area contributed by atoms with Crippen LogP contribution in [0.15, 0.2) is 48.7 Å². The molecule has 0 fully saturated rings. The predicted octanol–water partition coefficient (Wildman–Crippen LogP) is 2.78. The van der Waals surface area contributed by atoms with Gasteiger partial charge in [-0.25, -0.2) is 14.6 Å². The van der Waals surface area contributed by atoms with Crippen molar-refractivity contribution in [2.45, 2.75) is 13.0 Å². The van der Waals surface area contributed by atoms with E-state index in [-0.39, 0.29) is 6.61 Å². The van der Waals surface area contributed by atoms with Crippen LogP contribution < -0.4 is 11.1 Å². The monoisotopic (exact) mass is 355 g/mol. The second kappa shape index (κ2) is 9.83. The van der Waals surface area contributed by atoms with Crippen molar-refractivity contribution < 1.29 is 19.1 Å². The Bertz CT molecular complexity index is 776. The maximum atomic E-state index is 11.6. The van der Waals surface area contributed by atoms with Crippen molar-refractivity contribution in [1.29, 1.82) is 0 Å². The first-order valence-electron chi connectivity index (χ1n) is 8.05. The molecule has 1 aromatic heterocycles. The van der Waals surface area contributed by atoms with E-state index in [1.165, 1.54) is 13.3 Å². The van der Waals surface area contributed by atoms with E-state index >= 15 is 0 Å². The molecule has 0 saturated carbocycles. The van der Waals surface area contributed by atoms with E-state index < -0.39 is 12.1 Å². The van der Waals surface area contributed by atoms with E-state index in [2.05, 4.69) is 15.0 Å². The molecule has 3 N–H and O–H groups in total. The molecule has 1 aromatic carbocycles. The SMILES string of the molecule is COC(=O)c1cnc(N)c(C=CCCNC(=O)OCc2ccccc2)c1. The van der Waals surface area contributed by atoms with Gasteiger partial charge in [0, 0.05) is 18.3 Å². The summed E-state index contributed by atoms with van der Waals surface area (Å²) < 4.78 is 9.76. The van der Waals surface area contributed by atoms with Crippen LogP contribution in [0.1, 0.15) is 27.9 Å². The Hall–Kier alpha value is -3.35. The number of hydrogen-bond donors (Lipinski definition) is 2. The van der Waals surface area contributed by atoms with Gasteiger partial charge in [0.2, 0.25) is 0 Å². The lowest BCUT2D eigenvalue weighted by molar-refractivity contribution is 0.0600. The molecule has 26 heavy (non-hydrogen) atoms. The highest BCUT2D eigenvalue weighted by Gasteiger charge is 2.08. The number of hydrogen-bond acceptors (Lipinski definition) is 6. The molecule has 136 valence electrons. The van der Waals surface area contributed by atoms with Crippen LogP contribution in [-0.4, -0.2) is 30.7 Å². The van der Waals surface area contributed by atoms with Gasteiger partial charge in [0.05, 0.1) is 12.7 Å². The van der Waals surface area contributed by atoms with Crippen molar-refractivity contribution in [2.75, 3.05) is 19.4 Å². The van der Waals surface area contributed by atoms with Gasteiger partial charge in [-0.15, -0.1) is 0 Å². The molecule has 2 aromatic rings. The van der Waals surface area contributed by atoms with Crippen LogP contribution in [0.25, 0.3) is 6.08 Å². The molecule has 7 nitrogen and oxygen atoms in total. The number of ether oxygens (including phenoxy) is 2. The fraction of sp³-hybridized carbons (Fsp3) is 0.211. The lowest BCUT2D eigenvalue weighted by atomic mass is 10.1. The molecule has 0 unspecified atom stereocenters. The smallest absolute Gasteiger partial charge is 0.407 e. The number of carbonyl (C=O) groups excluding carboxylic acids is 2. The van der Waals surface area contributed by atoms with Gasteiger partial charge in [0.1, 0.15) is 12.4 Å². The molecule has 0 saturated heterocycles. The second-order valence-electron chi connectivity index (χ2n) is 5.37. The summed E-state index contributed by atoms with van der Waals surface area (Å²) in [6, 6.07) is 11.0. The molecule has 0 bridgehead atoms. The number of nitrogens with zero attached hydrogens (tertiary/aromatic N) is 1. The number of aromatic nitrogens is 1. The third-order valence-corrected chi connectivity index (χ3v) is 3.46. The van der Waals surface area contributed by atoms with Crippen LogP contribution in [-0.2, 0) is 16.1 Å². The van der Waals surface area contributed by atoms with Crippen LogP contribution in [0, 0.1) is 0 Å². The number of rotatable bonds is 7. The topological polar surface area (TPSA) is 104 Å². The van der Waals surface area contributed by atoms with Gasteiger partial charge in [-0.3, -0.25) is 0 Å². The Labute approximate surface area is 151 Å². The Morgan fingerprint density at radius 3 is 2.77 bits per heavy atom. The van der Waals surface area contributed by atoms with Crippen molar-refractivity contribution in [1.82, 2.24) is 10.3 Å². The molecule has 0 aliphatic heterocycles. The van der Waals surface area contributed by atoms with Crippen molar-refractivity contribution in [2.24, 2.45) is 0 Å². The first-order chi connectivity index (χ1) is 12.6. The Balaban J connectivity index is 1.75. The highest BCUT2D eigenvalue weighted by molar-refractivity contribution is 5.90. The Morgan fingerprint density at radius 2 is 2.04 bits per heavy atom. The lowest BCUT2D eigenvalue weighted by Gasteiger charge is -2.06. The van der Waals surface area contributed by atoms with Crippen LogP contribution in [0.5, 0.6) is 0 Å². The molecule has 2 rings (SSSR count). The summed E-state index contributed by atoms with van der Waals surface area (Å²) in [6.45, 7) is 0.638. The maximum Gasteiger partial charge on any atom is 0.407 e. The van der Waals surface area contributed by atoms with Crippen LogP contribution in [0.2, 0.25) is 0 Å². The van der Waals surface area contributed by atoms with Crippen molar-refractivity contribution in [3.8, 4) is 0 Å². The zero-order valence-electron chi connectivity index (χ0n) is 14.5. The number of methoxy groups -OCH3 is 1. The normalized spacial score (nSPS) is 10.5.